The highest BCUT2D eigenvalue weighted by Crippen LogP contribution is 2.33. The van der Waals surface area contributed by atoms with Crippen LogP contribution in [0.25, 0.3) is 32.2 Å². The first kappa shape index (κ1) is 49.5. The summed E-state index contributed by atoms with van der Waals surface area (Å²) in [6.07, 6.45) is 0. The van der Waals surface area contributed by atoms with Crippen LogP contribution in [0.15, 0.2) is 10.5 Å². The van der Waals surface area contributed by atoms with Crippen LogP contribution < -0.4 is 0 Å². The maximum Gasteiger partial charge on any atom is 0.192 e. The molecule has 8 aromatic rings. The van der Waals surface area contributed by atoms with E-state index in [0.717, 1.165) is 44.9 Å². The van der Waals surface area contributed by atoms with Crippen molar-refractivity contribution >= 4 is 43.6 Å². The van der Waals surface area contributed by atoms with Crippen LogP contribution in [0.2, 0.25) is 0 Å². The van der Waals surface area contributed by atoms with Crippen molar-refractivity contribution in [1.82, 2.24) is 34.3 Å². The van der Waals surface area contributed by atoms with Crippen molar-refractivity contribution in [3.63, 3.8) is 0 Å². The standard InChI is InChI=1S/C14H19N.C12H15NO.C12H15NS.C8H12N2.C7H12N2/c1-8-7-13-11(4)9(2)10(3)12(5)14(13)15(8)6;2*1-6-7(2)9(4)12-11(8(6)3)13-10(5)14-12;1-5-6(2)8(4)10-9-7(5)3;1-5-6(2)9(4)7(3)8-5/h7H,1-6H3;2*1-5H3;1-4H3;1-4H3. The summed E-state index contributed by atoms with van der Waals surface area (Å²) in [5.41, 5.74) is 29.2. The van der Waals surface area contributed by atoms with Gasteiger partial charge in [0.25, 0.3) is 0 Å². The van der Waals surface area contributed by atoms with E-state index >= 15 is 0 Å². The van der Waals surface area contributed by atoms with Gasteiger partial charge in [0.1, 0.15) is 11.3 Å². The van der Waals surface area contributed by atoms with Gasteiger partial charge in [0.15, 0.2) is 11.5 Å². The summed E-state index contributed by atoms with van der Waals surface area (Å²) in [6, 6.07) is 2.30. The Balaban J connectivity index is 0.000000173. The van der Waals surface area contributed by atoms with Gasteiger partial charge in [-0.2, -0.15) is 10.2 Å². The zero-order valence-electron chi connectivity index (χ0n) is 42.5. The molecule has 0 fully saturated rings. The molecule has 9 heteroatoms. The number of aromatic nitrogens is 7. The summed E-state index contributed by atoms with van der Waals surface area (Å²) in [4.78, 5) is 13.3. The molecule has 0 aliphatic heterocycles. The predicted molar refractivity (Wildman–Crippen MR) is 266 cm³/mol. The maximum atomic E-state index is 5.60. The lowest BCUT2D eigenvalue weighted by molar-refractivity contribution is 0.559. The molecular weight excluding hydrogens is 783 g/mol. The number of aryl methyl sites for hydroxylation is 14. The van der Waals surface area contributed by atoms with Crippen LogP contribution in [0, 0.1) is 152 Å². The van der Waals surface area contributed by atoms with Crippen molar-refractivity contribution in [2.24, 2.45) is 14.1 Å². The van der Waals surface area contributed by atoms with E-state index in [4.69, 9.17) is 4.42 Å². The number of hydrogen-bond donors (Lipinski definition) is 0. The van der Waals surface area contributed by atoms with Crippen molar-refractivity contribution in [1.29, 1.82) is 0 Å². The number of oxazole rings is 1. The number of fused-ring (bicyclic) bond motifs is 3. The minimum absolute atomic E-state index is 0.746. The quantitative estimate of drug-likeness (QED) is 0.151. The van der Waals surface area contributed by atoms with Gasteiger partial charge in [-0.15, -0.1) is 11.3 Å². The summed E-state index contributed by atoms with van der Waals surface area (Å²) in [7, 11) is 4.18. The molecule has 8 nitrogen and oxygen atoms in total. The zero-order valence-corrected chi connectivity index (χ0v) is 43.3. The third-order valence-electron chi connectivity index (χ3n) is 14.0. The average molecular weight is 856 g/mol. The first-order valence-electron chi connectivity index (χ1n) is 21.7. The molecule has 0 unspecified atom stereocenters. The molecule has 8 rings (SSSR count). The molecule has 5 aromatic heterocycles. The summed E-state index contributed by atoms with van der Waals surface area (Å²) >= 11 is 1.80. The van der Waals surface area contributed by atoms with Crippen molar-refractivity contribution in [3.05, 3.63) is 129 Å². The lowest BCUT2D eigenvalue weighted by atomic mass is 9.96. The van der Waals surface area contributed by atoms with Gasteiger partial charge in [0.05, 0.1) is 37.8 Å². The van der Waals surface area contributed by atoms with Gasteiger partial charge in [-0.3, -0.25) is 0 Å². The lowest BCUT2D eigenvalue weighted by Gasteiger charge is -2.12. The Morgan fingerprint density at radius 1 is 0.435 bits per heavy atom. The third-order valence-corrected chi connectivity index (χ3v) is 15.1. The maximum absolute atomic E-state index is 5.60. The highest BCUT2D eigenvalue weighted by atomic mass is 32.1. The number of hydrogen-bond acceptors (Lipinski definition) is 7. The fourth-order valence-corrected chi connectivity index (χ4v) is 8.86. The Morgan fingerprint density at radius 2 is 0.903 bits per heavy atom. The first-order chi connectivity index (χ1) is 28.7. The Morgan fingerprint density at radius 3 is 1.39 bits per heavy atom. The zero-order chi connectivity index (χ0) is 47.0. The number of imidazole rings is 1. The first-order valence-corrected chi connectivity index (χ1v) is 22.5. The van der Waals surface area contributed by atoms with Gasteiger partial charge in [0.2, 0.25) is 0 Å². The highest BCUT2D eigenvalue weighted by molar-refractivity contribution is 7.18. The van der Waals surface area contributed by atoms with Gasteiger partial charge < -0.3 is 13.6 Å². The molecule has 62 heavy (non-hydrogen) atoms. The molecule has 0 amide bonds. The molecule has 0 bridgehead atoms. The topological polar surface area (TPSA) is 87.5 Å². The molecule has 0 radical (unpaired) electrons. The van der Waals surface area contributed by atoms with E-state index in [1.165, 1.54) is 110 Å². The Kier molecular flexibility index (Phi) is 15.6. The number of benzene rings is 3. The van der Waals surface area contributed by atoms with Crippen LogP contribution in [0.5, 0.6) is 0 Å². The second-order valence-electron chi connectivity index (χ2n) is 17.4. The van der Waals surface area contributed by atoms with Crippen molar-refractivity contribution in [3.8, 4) is 0 Å². The number of nitrogens with zero attached hydrogens (tertiary/aromatic N) is 7. The largest absolute Gasteiger partial charge is 0.441 e. The van der Waals surface area contributed by atoms with Gasteiger partial charge in [-0.1, -0.05) is 0 Å². The second kappa shape index (κ2) is 19.5. The fourth-order valence-electron chi connectivity index (χ4n) is 7.83. The van der Waals surface area contributed by atoms with Gasteiger partial charge >= 0.3 is 0 Å². The average Bonchev–Trinajstić information content (AvgIpc) is 3.98. The summed E-state index contributed by atoms with van der Waals surface area (Å²) in [5.74, 6) is 1.83. The lowest BCUT2D eigenvalue weighted by Crippen LogP contribution is -1.97. The van der Waals surface area contributed by atoms with Crippen LogP contribution in [0.4, 0.5) is 0 Å². The molecule has 3 aromatic carbocycles. The van der Waals surface area contributed by atoms with E-state index in [-0.39, 0.29) is 0 Å². The molecule has 0 aliphatic rings. The Bertz CT molecular complexity index is 2710. The van der Waals surface area contributed by atoms with E-state index in [2.05, 4.69) is 165 Å². The minimum atomic E-state index is 0.746. The predicted octanol–water partition coefficient (Wildman–Crippen LogP) is 14.0. The molecule has 0 aliphatic carbocycles. The van der Waals surface area contributed by atoms with Crippen LogP contribution in [-0.2, 0) is 14.1 Å². The normalized spacial score (nSPS) is 10.9. The van der Waals surface area contributed by atoms with E-state index < -0.39 is 0 Å². The van der Waals surface area contributed by atoms with Crippen molar-refractivity contribution in [2.75, 3.05) is 0 Å². The minimum Gasteiger partial charge on any atom is -0.441 e. The third kappa shape index (κ3) is 9.73. The number of rotatable bonds is 0. The molecule has 0 N–H and O–H groups in total. The smallest absolute Gasteiger partial charge is 0.192 e. The van der Waals surface area contributed by atoms with Crippen LogP contribution in [0.3, 0.4) is 0 Å². The molecule has 0 saturated heterocycles. The fraction of sp³-hybridized carbons (Fsp3) is 0.453. The molecule has 5 heterocycles. The van der Waals surface area contributed by atoms with Gasteiger partial charge in [-0.25, -0.2) is 15.0 Å². The summed E-state index contributed by atoms with van der Waals surface area (Å²) in [5, 5.41) is 10.6. The SMILES string of the molecule is Cc1c(C)c(C)c2c(cc(C)n2C)c1C.Cc1nc(C)n(C)c1C.Cc1nc2c(C)c(C)c(C)c(C)c2o1.Cc1nc2c(C)c(C)c(C)c(C)c2s1.Cc1nnc(C)c(C)c1C. The van der Waals surface area contributed by atoms with Gasteiger partial charge in [0, 0.05) is 37.8 Å². The molecule has 332 valence electrons. The monoisotopic (exact) mass is 856 g/mol. The summed E-state index contributed by atoms with van der Waals surface area (Å²) in [6.45, 7) is 46.5. The molecular formula is C53H73N7OS. The Labute approximate surface area is 376 Å². The Hall–Kier alpha value is -5.15. The number of thiazole rings is 1. The molecule has 0 atom stereocenters. The molecule has 0 saturated carbocycles. The molecule has 0 spiro atoms. The van der Waals surface area contributed by atoms with Crippen LogP contribution in [-0.4, -0.2) is 34.3 Å². The van der Waals surface area contributed by atoms with E-state index in [0.29, 0.717) is 0 Å². The highest BCUT2D eigenvalue weighted by Gasteiger charge is 2.15. The summed E-state index contributed by atoms with van der Waals surface area (Å²) < 4.78 is 11.4. The second-order valence-corrected chi connectivity index (χ2v) is 18.6. The van der Waals surface area contributed by atoms with Crippen LogP contribution in [0.1, 0.15) is 123 Å². The van der Waals surface area contributed by atoms with Crippen LogP contribution >= 0.6 is 11.3 Å². The van der Waals surface area contributed by atoms with Crippen molar-refractivity contribution < 1.29 is 4.42 Å². The van der Waals surface area contributed by atoms with E-state index in [9.17, 15) is 0 Å². The van der Waals surface area contributed by atoms with E-state index in [1.807, 2.05) is 41.7 Å². The van der Waals surface area contributed by atoms with E-state index in [1.54, 1.807) is 11.3 Å². The van der Waals surface area contributed by atoms with Crippen molar-refractivity contribution in [2.45, 2.75) is 152 Å². The van der Waals surface area contributed by atoms with Gasteiger partial charge in [-0.05, 0) is 229 Å².